The number of benzene rings is 1. The lowest BCUT2D eigenvalue weighted by Gasteiger charge is -2.18. The summed E-state index contributed by atoms with van der Waals surface area (Å²) < 4.78 is 5.42. The monoisotopic (exact) mass is 386 g/mol. The van der Waals surface area contributed by atoms with Crippen molar-refractivity contribution in [3.8, 4) is 0 Å². The van der Waals surface area contributed by atoms with Crippen molar-refractivity contribution in [2.45, 2.75) is 40.8 Å². The third kappa shape index (κ3) is 5.22. The maximum absolute atomic E-state index is 12.6. The summed E-state index contributed by atoms with van der Waals surface area (Å²) in [5, 5.41) is 11.9. The predicted octanol–water partition coefficient (Wildman–Crippen LogP) is 3.22. The molecule has 0 radical (unpaired) electrons. The molecule has 1 heterocycles. The summed E-state index contributed by atoms with van der Waals surface area (Å²) in [4.78, 5) is 37.1. The number of nitrogens with zero attached hydrogens (tertiary/aromatic N) is 1. The second kappa shape index (κ2) is 8.29. The third-order valence-corrected chi connectivity index (χ3v) is 4.27. The zero-order valence-corrected chi connectivity index (χ0v) is 16.8. The molecule has 0 aliphatic heterocycles. The van der Waals surface area contributed by atoms with Crippen LogP contribution in [0.5, 0.6) is 0 Å². The van der Waals surface area contributed by atoms with Crippen LogP contribution in [0.25, 0.3) is 0 Å². The van der Waals surface area contributed by atoms with Crippen LogP contribution in [0, 0.1) is 12.3 Å². The van der Waals surface area contributed by atoms with Crippen molar-refractivity contribution in [3.05, 3.63) is 58.5 Å². The number of carbonyl (C=O) groups is 3. The van der Waals surface area contributed by atoms with E-state index >= 15 is 0 Å². The predicted molar refractivity (Wildman–Crippen MR) is 104 cm³/mol. The molecule has 1 aromatic heterocycles. The SMILES string of the molecule is Cc1oc(CN(C)C(=O)c2ccc(CNC(=O)C(C)(C)C)cc2)cc1C(=O)O. The zero-order valence-electron chi connectivity index (χ0n) is 16.8. The summed E-state index contributed by atoms with van der Waals surface area (Å²) in [6, 6.07) is 8.43. The molecule has 0 atom stereocenters. The van der Waals surface area contributed by atoms with Gasteiger partial charge in [-0.2, -0.15) is 0 Å². The molecule has 7 heteroatoms. The Balaban J connectivity index is 1.99. The summed E-state index contributed by atoms with van der Waals surface area (Å²) in [6.45, 7) is 7.67. The van der Waals surface area contributed by atoms with Crippen LogP contribution in [-0.2, 0) is 17.9 Å². The molecule has 2 N–H and O–H groups in total. The number of carbonyl (C=O) groups excluding carboxylic acids is 2. The first kappa shape index (κ1) is 21.2. The van der Waals surface area contributed by atoms with E-state index in [1.807, 2.05) is 20.8 Å². The Morgan fingerprint density at radius 2 is 1.75 bits per heavy atom. The first-order valence-electron chi connectivity index (χ1n) is 8.94. The third-order valence-electron chi connectivity index (χ3n) is 4.27. The van der Waals surface area contributed by atoms with Gasteiger partial charge in [0.15, 0.2) is 0 Å². The van der Waals surface area contributed by atoms with Crippen LogP contribution in [0.15, 0.2) is 34.7 Å². The van der Waals surface area contributed by atoms with Crippen LogP contribution in [-0.4, -0.2) is 34.8 Å². The van der Waals surface area contributed by atoms with E-state index in [4.69, 9.17) is 9.52 Å². The lowest BCUT2D eigenvalue weighted by Crippen LogP contribution is -2.34. The van der Waals surface area contributed by atoms with Crippen LogP contribution < -0.4 is 5.32 Å². The van der Waals surface area contributed by atoms with E-state index in [-0.39, 0.29) is 23.9 Å². The fourth-order valence-corrected chi connectivity index (χ4v) is 2.57. The Kier molecular flexibility index (Phi) is 6.28. The van der Waals surface area contributed by atoms with Gasteiger partial charge in [0.1, 0.15) is 17.1 Å². The Hall–Kier alpha value is -3.09. The quantitative estimate of drug-likeness (QED) is 0.794. The highest BCUT2D eigenvalue weighted by Gasteiger charge is 2.21. The smallest absolute Gasteiger partial charge is 0.339 e. The Bertz CT molecular complexity index is 875. The summed E-state index contributed by atoms with van der Waals surface area (Å²) >= 11 is 0. The van der Waals surface area contributed by atoms with E-state index in [9.17, 15) is 14.4 Å². The van der Waals surface area contributed by atoms with Crippen LogP contribution in [0.3, 0.4) is 0 Å². The highest BCUT2D eigenvalue weighted by atomic mass is 16.4. The van der Waals surface area contributed by atoms with Gasteiger partial charge < -0.3 is 19.7 Å². The van der Waals surface area contributed by atoms with E-state index in [0.29, 0.717) is 23.6 Å². The van der Waals surface area contributed by atoms with Gasteiger partial charge in [-0.15, -0.1) is 0 Å². The van der Waals surface area contributed by atoms with Gasteiger partial charge in [0, 0.05) is 24.6 Å². The summed E-state index contributed by atoms with van der Waals surface area (Å²) in [5.41, 5.74) is 1.03. The molecule has 2 rings (SSSR count). The van der Waals surface area contributed by atoms with Crippen molar-refractivity contribution < 1.29 is 23.9 Å². The van der Waals surface area contributed by atoms with E-state index in [0.717, 1.165) is 5.56 Å². The highest BCUT2D eigenvalue weighted by molar-refractivity contribution is 5.94. The van der Waals surface area contributed by atoms with E-state index < -0.39 is 11.4 Å². The average molecular weight is 386 g/mol. The molecule has 0 spiro atoms. The maximum atomic E-state index is 12.6. The lowest BCUT2D eigenvalue weighted by atomic mass is 9.95. The van der Waals surface area contributed by atoms with E-state index in [1.165, 1.54) is 11.0 Å². The fraction of sp³-hybridized carbons (Fsp3) is 0.381. The normalized spacial score (nSPS) is 11.2. The Morgan fingerprint density at radius 3 is 2.25 bits per heavy atom. The van der Waals surface area contributed by atoms with Gasteiger partial charge in [-0.25, -0.2) is 4.79 Å². The van der Waals surface area contributed by atoms with Crippen LogP contribution in [0.4, 0.5) is 0 Å². The molecule has 0 saturated heterocycles. The van der Waals surface area contributed by atoms with Gasteiger partial charge >= 0.3 is 5.97 Å². The number of carboxylic acid groups (broad SMARTS) is 1. The van der Waals surface area contributed by atoms with Crippen molar-refractivity contribution in [2.24, 2.45) is 5.41 Å². The second-order valence-electron chi connectivity index (χ2n) is 7.78. The maximum Gasteiger partial charge on any atom is 0.339 e. The van der Waals surface area contributed by atoms with Crippen molar-refractivity contribution >= 4 is 17.8 Å². The van der Waals surface area contributed by atoms with Crippen LogP contribution >= 0.6 is 0 Å². The van der Waals surface area contributed by atoms with Crippen molar-refractivity contribution in [1.29, 1.82) is 0 Å². The number of rotatable bonds is 6. The Morgan fingerprint density at radius 1 is 1.14 bits per heavy atom. The van der Waals surface area contributed by atoms with Crippen molar-refractivity contribution in [1.82, 2.24) is 10.2 Å². The minimum Gasteiger partial charge on any atom is -0.478 e. The number of hydrogen-bond acceptors (Lipinski definition) is 4. The number of carboxylic acids is 1. The summed E-state index contributed by atoms with van der Waals surface area (Å²) in [6.07, 6.45) is 0. The highest BCUT2D eigenvalue weighted by Crippen LogP contribution is 2.17. The molecule has 28 heavy (non-hydrogen) atoms. The molecule has 0 aliphatic carbocycles. The topological polar surface area (TPSA) is 99.9 Å². The molecule has 0 fully saturated rings. The van der Waals surface area contributed by atoms with Gasteiger partial charge in [-0.1, -0.05) is 32.9 Å². The van der Waals surface area contributed by atoms with Gasteiger partial charge in [-0.3, -0.25) is 9.59 Å². The lowest BCUT2D eigenvalue weighted by molar-refractivity contribution is -0.128. The standard InChI is InChI=1S/C21H26N2O5/c1-13-17(19(25)26)10-16(28-13)12-23(5)18(24)15-8-6-14(7-9-15)11-22-20(27)21(2,3)4/h6-10H,11-12H2,1-5H3,(H,22,27)(H,25,26). The van der Waals surface area contributed by atoms with Crippen molar-refractivity contribution in [3.63, 3.8) is 0 Å². The molecular weight excluding hydrogens is 360 g/mol. The van der Waals surface area contributed by atoms with Gasteiger partial charge in [0.05, 0.1) is 6.54 Å². The number of furan rings is 1. The van der Waals surface area contributed by atoms with Crippen molar-refractivity contribution in [2.75, 3.05) is 7.05 Å². The molecule has 0 bridgehead atoms. The first-order valence-corrected chi connectivity index (χ1v) is 8.94. The molecule has 0 saturated carbocycles. The zero-order chi connectivity index (χ0) is 21.1. The molecule has 2 aromatic rings. The number of aromatic carboxylic acids is 1. The Labute approximate surface area is 164 Å². The molecule has 0 unspecified atom stereocenters. The van der Waals surface area contributed by atoms with Crippen LogP contribution in [0.1, 0.15) is 58.6 Å². The minimum atomic E-state index is -1.06. The summed E-state index contributed by atoms with van der Waals surface area (Å²) in [7, 11) is 1.62. The van der Waals surface area contributed by atoms with Gasteiger partial charge in [0.2, 0.25) is 5.91 Å². The van der Waals surface area contributed by atoms with E-state index in [1.54, 1.807) is 38.2 Å². The molecule has 7 nitrogen and oxygen atoms in total. The van der Waals surface area contributed by atoms with E-state index in [2.05, 4.69) is 5.32 Å². The molecule has 1 aromatic carbocycles. The number of amides is 2. The molecule has 0 aliphatic rings. The summed E-state index contributed by atoms with van der Waals surface area (Å²) in [5.74, 6) is -0.592. The van der Waals surface area contributed by atoms with Gasteiger partial charge in [-0.05, 0) is 30.7 Å². The first-order chi connectivity index (χ1) is 13.0. The van der Waals surface area contributed by atoms with Crippen LogP contribution in [0.2, 0.25) is 0 Å². The number of hydrogen-bond donors (Lipinski definition) is 2. The average Bonchev–Trinajstić information content (AvgIpc) is 2.99. The molecule has 150 valence electrons. The van der Waals surface area contributed by atoms with Gasteiger partial charge in [0.25, 0.3) is 5.91 Å². The molecular formula is C21H26N2O5. The fourth-order valence-electron chi connectivity index (χ4n) is 2.57. The second-order valence-corrected chi connectivity index (χ2v) is 7.78. The minimum absolute atomic E-state index is 0.0399. The number of nitrogens with one attached hydrogen (secondary N) is 1. The number of aryl methyl sites for hydroxylation is 1. The molecule has 2 amide bonds. The largest absolute Gasteiger partial charge is 0.478 e.